The fourth-order valence-electron chi connectivity index (χ4n) is 1.23. The molecule has 0 bridgehead atoms. The van der Waals surface area contributed by atoms with Crippen molar-refractivity contribution in [3.8, 4) is 11.5 Å². The molecule has 0 fully saturated rings. The van der Waals surface area contributed by atoms with Crippen LogP contribution < -0.4 is 0 Å². The minimum absolute atomic E-state index is 0.915. The van der Waals surface area contributed by atoms with Crippen LogP contribution in [0.5, 0.6) is 0 Å². The summed E-state index contributed by atoms with van der Waals surface area (Å²) < 4.78 is 2.03. The smallest absolute Gasteiger partial charge is 0.158 e. The summed E-state index contributed by atoms with van der Waals surface area (Å²) >= 11 is 0. The van der Waals surface area contributed by atoms with E-state index in [4.69, 9.17) is 0 Å². The Morgan fingerprint density at radius 3 is 2.62 bits per heavy atom. The summed E-state index contributed by atoms with van der Waals surface area (Å²) in [5.74, 6) is 0.915. The van der Waals surface area contributed by atoms with Crippen LogP contribution in [0.25, 0.3) is 11.5 Å². The first-order chi connectivity index (χ1) is 6.29. The van der Waals surface area contributed by atoms with Gasteiger partial charge in [-0.15, -0.1) is 0 Å². The quantitative estimate of drug-likeness (QED) is 0.658. The Bertz CT molecular complexity index is 403. The second kappa shape index (κ2) is 3.01. The Morgan fingerprint density at radius 2 is 2.08 bits per heavy atom. The molecule has 0 saturated carbocycles. The number of aryl methyl sites for hydroxylation is 1. The third-order valence-electron chi connectivity index (χ3n) is 2.11. The van der Waals surface area contributed by atoms with E-state index < -0.39 is 0 Å². The zero-order valence-corrected chi connectivity index (χ0v) is 7.73. The highest BCUT2D eigenvalue weighted by Crippen LogP contribution is 2.14. The first kappa shape index (κ1) is 7.98. The number of rotatable bonds is 1. The van der Waals surface area contributed by atoms with E-state index in [1.807, 2.05) is 42.9 Å². The van der Waals surface area contributed by atoms with Gasteiger partial charge in [0.15, 0.2) is 5.82 Å². The van der Waals surface area contributed by atoms with Gasteiger partial charge in [0.2, 0.25) is 0 Å². The van der Waals surface area contributed by atoms with E-state index >= 15 is 0 Å². The third-order valence-corrected chi connectivity index (χ3v) is 2.11. The predicted molar refractivity (Wildman–Crippen MR) is 51.2 cm³/mol. The lowest BCUT2D eigenvalue weighted by Gasteiger charge is -2.01. The van der Waals surface area contributed by atoms with Crippen molar-refractivity contribution in [1.29, 1.82) is 0 Å². The van der Waals surface area contributed by atoms with Crippen molar-refractivity contribution in [3.05, 3.63) is 36.3 Å². The molecular weight excluding hydrogens is 162 g/mol. The number of hydrogen-bond acceptors (Lipinski definition) is 2. The van der Waals surface area contributed by atoms with Gasteiger partial charge in [0.05, 0.1) is 0 Å². The topological polar surface area (TPSA) is 30.7 Å². The molecule has 2 rings (SSSR count). The van der Waals surface area contributed by atoms with Crippen molar-refractivity contribution in [3.63, 3.8) is 0 Å². The summed E-state index contributed by atoms with van der Waals surface area (Å²) in [5, 5.41) is 0. The summed E-state index contributed by atoms with van der Waals surface area (Å²) in [7, 11) is 1.99. The Morgan fingerprint density at radius 1 is 1.23 bits per heavy atom. The van der Waals surface area contributed by atoms with Crippen LogP contribution in [-0.2, 0) is 7.05 Å². The standard InChI is InChI=1S/C10H11N3/c1-8-7-12-10(13(8)2)9-5-3-4-6-11-9/h3-7H,1-2H3. The van der Waals surface area contributed by atoms with E-state index in [2.05, 4.69) is 9.97 Å². The normalized spacial score (nSPS) is 10.3. The summed E-state index contributed by atoms with van der Waals surface area (Å²) in [6.45, 7) is 2.03. The summed E-state index contributed by atoms with van der Waals surface area (Å²) in [6.07, 6.45) is 3.63. The van der Waals surface area contributed by atoms with Crippen molar-refractivity contribution in [2.24, 2.45) is 7.05 Å². The lowest BCUT2D eigenvalue weighted by molar-refractivity contribution is 0.879. The molecule has 66 valence electrons. The summed E-state index contributed by atoms with van der Waals surface area (Å²) in [6, 6.07) is 5.83. The van der Waals surface area contributed by atoms with Gasteiger partial charge in [-0.3, -0.25) is 4.98 Å². The van der Waals surface area contributed by atoms with Gasteiger partial charge in [0.1, 0.15) is 5.69 Å². The molecule has 0 atom stereocenters. The number of pyridine rings is 1. The van der Waals surface area contributed by atoms with E-state index in [1.54, 1.807) is 6.20 Å². The van der Waals surface area contributed by atoms with E-state index in [0.29, 0.717) is 0 Å². The Labute approximate surface area is 77.1 Å². The second-order valence-corrected chi connectivity index (χ2v) is 3.00. The van der Waals surface area contributed by atoms with Crippen molar-refractivity contribution >= 4 is 0 Å². The van der Waals surface area contributed by atoms with E-state index in [0.717, 1.165) is 17.2 Å². The molecule has 2 aromatic heterocycles. The SMILES string of the molecule is Cc1cnc(-c2ccccn2)n1C. The minimum atomic E-state index is 0.915. The highest BCUT2D eigenvalue weighted by molar-refractivity contribution is 5.49. The maximum Gasteiger partial charge on any atom is 0.158 e. The second-order valence-electron chi connectivity index (χ2n) is 3.00. The molecule has 0 aromatic carbocycles. The number of imidazole rings is 1. The fraction of sp³-hybridized carbons (Fsp3) is 0.200. The lowest BCUT2D eigenvalue weighted by Crippen LogP contribution is -1.95. The first-order valence-electron chi connectivity index (χ1n) is 4.19. The molecule has 0 N–H and O–H groups in total. The molecule has 3 heteroatoms. The van der Waals surface area contributed by atoms with Crippen molar-refractivity contribution in [2.75, 3.05) is 0 Å². The van der Waals surface area contributed by atoms with Gasteiger partial charge in [-0.1, -0.05) is 6.07 Å². The van der Waals surface area contributed by atoms with Crippen LogP contribution in [0.1, 0.15) is 5.69 Å². The molecule has 0 aliphatic rings. The van der Waals surface area contributed by atoms with Crippen LogP contribution in [0, 0.1) is 6.92 Å². The van der Waals surface area contributed by atoms with Crippen molar-refractivity contribution in [1.82, 2.24) is 14.5 Å². The monoisotopic (exact) mass is 173 g/mol. The Balaban J connectivity index is 2.53. The Hall–Kier alpha value is -1.64. The van der Waals surface area contributed by atoms with Crippen LogP contribution in [-0.4, -0.2) is 14.5 Å². The van der Waals surface area contributed by atoms with Crippen LogP contribution in [0.2, 0.25) is 0 Å². The molecule has 0 unspecified atom stereocenters. The molecule has 0 amide bonds. The summed E-state index contributed by atoms with van der Waals surface area (Å²) in [4.78, 5) is 8.53. The average molecular weight is 173 g/mol. The van der Waals surface area contributed by atoms with Gasteiger partial charge < -0.3 is 4.57 Å². The molecule has 3 nitrogen and oxygen atoms in total. The van der Waals surface area contributed by atoms with Crippen LogP contribution >= 0.6 is 0 Å². The number of aromatic nitrogens is 3. The fourth-order valence-corrected chi connectivity index (χ4v) is 1.23. The first-order valence-corrected chi connectivity index (χ1v) is 4.19. The largest absolute Gasteiger partial charge is 0.330 e. The molecular formula is C10H11N3. The van der Waals surface area contributed by atoms with Crippen LogP contribution in [0.3, 0.4) is 0 Å². The van der Waals surface area contributed by atoms with Gasteiger partial charge in [0.25, 0.3) is 0 Å². The maximum atomic E-state index is 4.29. The molecule has 0 spiro atoms. The zero-order chi connectivity index (χ0) is 9.26. The van der Waals surface area contributed by atoms with Gasteiger partial charge in [-0.25, -0.2) is 4.98 Å². The van der Waals surface area contributed by atoms with Gasteiger partial charge in [-0.2, -0.15) is 0 Å². The van der Waals surface area contributed by atoms with E-state index in [1.165, 1.54) is 0 Å². The van der Waals surface area contributed by atoms with Crippen LogP contribution in [0.15, 0.2) is 30.6 Å². The molecule has 2 aromatic rings. The van der Waals surface area contributed by atoms with Gasteiger partial charge >= 0.3 is 0 Å². The van der Waals surface area contributed by atoms with E-state index in [9.17, 15) is 0 Å². The number of hydrogen-bond donors (Lipinski definition) is 0. The molecule has 13 heavy (non-hydrogen) atoms. The maximum absolute atomic E-state index is 4.29. The van der Waals surface area contributed by atoms with E-state index in [-0.39, 0.29) is 0 Å². The van der Waals surface area contributed by atoms with Gasteiger partial charge in [-0.05, 0) is 19.1 Å². The van der Waals surface area contributed by atoms with Gasteiger partial charge in [0, 0.05) is 25.1 Å². The predicted octanol–water partition coefficient (Wildman–Crippen LogP) is 1.79. The molecule has 0 aliphatic heterocycles. The highest BCUT2D eigenvalue weighted by atomic mass is 15.1. The number of nitrogens with zero attached hydrogens (tertiary/aromatic N) is 3. The molecule has 0 radical (unpaired) electrons. The Kier molecular flexibility index (Phi) is 1.85. The third kappa shape index (κ3) is 1.33. The minimum Gasteiger partial charge on any atom is -0.330 e. The zero-order valence-electron chi connectivity index (χ0n) is 7.73. The van der Waals surface area contributed by atoms with Crippen molar-refractivity contribution < 1.29 is 0 Å². The molecule has 0 aliphatic carbocycles. The highest BCUT2D eigenvalue weighted by Gasteiger charge is 2.05. The lowest BCUT2D eigenvalue weighted by atomic mass is 10.3. The molecule has 2 heterocycles. The van der Waals surface area contributed by atoms with Crippen molar-refractivity contribution in [2.45, 2.75) is 6.92 Å². The summed E-state index contributed by atoms with van der Waals surface area (Å²) in [5.41, 5.74) is 2.05. The molecule has 0 saturated heterocycles. The average Bonchev–Trinajstić information content (AvgIpc) is 2.49. The van der Waals surface area contributed by atoms with Crippen LogP contribution in [0.4, 0.5) is 0 Å².